The fraction of sp³-hybridized carbons (Fsp3) is 0.800. The van der Waals surface area contributed by atoms with E-state index in [0.29, 0.717) is 17.0 Å². The summed E-state index contributed by atoms with van der Waals surface area (Å²) in [5.41, 5.74) is 0. The summed E-state index contributed by atoms with van der Waals surface area (Å²) in [5.74, 6) is 3.73. The van der Waals surface area contributed by atoms with Gasteiger partial charge in [0.2, 0.25) is 0 Å². The lowest BCUT2D eigenvalue weighted by molar-refractivity contribution is 0.102. The molecule has 1 unspecified atom stereocenters. The van der Waals surface area contributed by atoms with Crippen molar-refractivity contribution in [3.8, 4) is 0 Å². The van der Waals surface area contributed by atoms with Crippen molar-refractivity contribution in [2.45, 2.75) is 76.7 Å². The van der Waals surface area contributed by atoms with Crippen molar-refractivity contribution in [2.75, 3.05) is 23.9 Å². The molecule has 1 aliphatic rings. The molecule has 0 saturated carbocycles. The molecule has 1 saturated heterocycles. The summed E-state index contributed by atoms with van der Waals surface area (Å²) < 4.78 is 5.67. The average molecular weight is 326 g/mol. The summed E-state index contributed by atoms with van der Waals surface area (Å²) in [6, 6.07) is 0. The Morgan fingerprint density at radius 2 is 1.45 bits per heavy atom. The fourth-order valence-electron chi connectivity index (χ4n) is 3.18. The lowest BCUT2D eigenvalue weighted by atomic mass is 10.0. The van der Waals surface area contributed by atoms with E-state index in [9.17, 15) is 0 Å². The molecule has 1 atom stereocenters. The van der Waals surface area contributed by atoms with Crippen LogP contribution in [0, 0.1) is 0 Å². The molecule has 128 valence electrons. The number of hydrogen-bond acceptors (Lipinski definition) is 1. The zero-order valence-corrected chi connectivity index (χ0v) is 15.4. The van der Waals surface area contributed by atoms with Crippen molar-refractivity contribution in [3.05, 3.63) is 25.3 Å². The van der Waals surface area contributed by atoms with Crippen LogP contribution in [0.4, 0.5) is 0 Å². The molecule has 22 heavy (non-hydrogen) atoms. The highest BCUT2D eigenvalue weighted by molar-refractivity contribution is 7.97. The molecule has 1 aliphatic heterocycles. The quantitative estimate of drug-likeness (QED) is 0.214. The molecule has 0 aliphatic carbocycles. The number of unbranched alkanes of at least 4 members (excludes halogenated alkanes) is 7. The van der Waals surface area contributed by atoms with Crippen molar-refractivity contribution in [1.82, 2.24) is 0 Å². The molecule has 0 N–H and O–H groups in total. The molecule has 1 fully saturated rings. The van der Waals surface area contributed by atoms with Crippen LogP contribution in [0.15, 0.2) is 25.3 Å². The second-order valence-electron chi connectivity index (χ2n) is 6.48. The van der Waals surface area contributed by atoms with Crippen LogP contribution in [0.1, 0.15) is 70.6 Å². The lowest BCUT2D eigenvalue weighted by Gasteiger charge is -2.08. The molecule has 0 aromatic rings. The van der Waals surface area contributed by atoms with E-state index in [2.05, 4.69) is 25.3 Å². The summed E-state index contributed by atoms with van der Waals surface area (Å²) in [7, 11) is 0.515. The number of hydrogen-bond donors (Lipinski definition) is 0. The summed E-state index contributed by atoms with van der Waals surface area (Å²) in [6.45, 7) is 8.74. The van der Waals surface area contributed by atoms with E-state index in [1.165, 1.54) is 87.9 Å². The molecule has 0 aromatic heterocycles. The molecule has 1 rings (SSSR count). The third-order valence-corrected chi connectivity index (χ3v) is 6.72. The van der Waals surface area contributed by atoms with Gasteiger partial charge in [-0.05, 0) is 55.2 Å². The average Bonchev–Trinajstić information content (AvgIpc) is 3.03. The van der Waals surface area contributed by atoms with Gasteiger partial charge < -0.3 is 4.74 Å². The van der Waals surface area contributed by atoms with E-state index < -0.39 is 0 Å². The highest BCUT2D eigenvalue weighted by Crippen LogP contribution is 2.19. The van der Waals surface area contributed by atoms with Crippen LogP contribution >= 0.6 is 0 Å². The SMILES string of the molecule is C=CC[S+](CC=C)CCCCCCCCCCC1CCCO1. The van der Waals surface area contributed by atoms with Crippen molar-refractivity contribution < 1.29 is 4.74 Å². The Morgan fingerprint density at radius 3 is 2.00 bits per heavy atom. The van der Waals surface area contributed by atoms with E-state index in [0.717, 1.165) is 6.61 Å². The first kappa shape index (κ1) is 19.8. The summed E-state index contributed by atoms with van der Waals surface area (Å²) in [4.78, 5) is 0. The summed E-state index contributed by atoms with van der Waals surface area (Å²) >= 11 is 0. The van der Waals surface area contributed by atoms with E-state index in [1.807, 2.05) is 0 Å². The Hall–Kier alpha value is -0.210. The highest BCUT2D eigenvalue weighted by Gasteiger charge is 2.14. The zero-order valence-electron chi connectivity index (χ0n) is 14.6. The molecule has 0 aromatic carbocycles. The van der Waals surface area contributed by atoms with Gasteiger partial charge in [-0.15, -0.1) is 0 Å². The normalized spacial score (nSPS) is 18.0. The van der Waals surface area contributed by atoms with Gasteiger partial charge in [-0.25, -0.2) is 0 Å². The summed E-state index contributed by atoms with van der Waals surface area (Å²) in [6.07, 6.45) is 19.9. The molecular formula is C20H37OS+. The third kappa shape index (κ3) is 10.5. The van der Waals surface area contributed by atoms with Gasteiger partial charge >= 0.3 is 0 Å². The van der Waals surface area contributed by atoms with Gasteiger partial charge in [-0.3, -0.25) is 0 Å². The van der Waals surface area contributed by atoms with Crippen LogP contribution in [-0.4, -0.2) is 30.0 Å². The predicted octanol–water partition coefficient (Wildman–Crippen LogP) is 5.67. The van der Waals surface area contributed by atoms with Gasteiger partial charge in [-0.2, -0.15) is 0 Å². The van der Waals surface area contributed by atoms with Crippen LogP contribution in [0.5, 0.6) is 0 Å². The van der Waals surface area contributed by atoms with Gasteiger partial charge in [0, 0.05) is 6.61 Å². The summed E-state index contributed by atoms with van der Waals surface area (Å²) in [5, 5.41) is 0. The van der Waals surface area contributed by atoms with Crippen LogP contribution in [0.2, 0.25) is 0 Å². The first-order valence-corrected chi connectivity index (χ1v) is 11.1. The van der Waals surface area contributed by atoms with Gasteiger partial charge in [0.25, 0.3) is 0 Å². The van der Waals surface area contributed by atoms with Crippen LogP contribution < -0.4 is 0 Å². The number of rotatable bonds is 15. The highest BCUT2D eigenvalue weighted by atomic mass is 32.2. The maximum atomic E-state index is 5.67. The van der Waals surface area contributed by atoms with Crippen molar-refractivity contribution >= 4 is 10.9 Å². The van der Waals surface area contributed by atoms with Gasteiger partial charge in [0.1, 0.15) is 17.3 Å². The predicted molar refractivity (Wildman–Crippen MR) is 103 cm³/mol. The van der Waals surface area contributed by atoms with Crippen LogP contribution in [-0.2, 0) is 15.6 Å². The number of ether oxygens (including phenoxy) is 1. The van der Waals surface area contributed by atoms with E-state index in [-0.39, 0.29) is 0 Å². The monoisotopic (exact) mass is 325 g/mol. The van der Waals surface area contributed by atoms with E-state index >= 15 is 0 Å². The van der Waals surface area contributed by atoms with Crippen molar-refractivity contribution in [3.63, 3.8) is 0 Å². The third-order valence-electron chi connectivity index (χ3n) is 4.44. The molecular weight excluding hydrogens is 288 g/mol. The Balaban J connectivity index is 1.80. The Labute approximate surface area is 141 Å². The Bertz CT molecular complexity index is 261. The zero-order chi connectivity index (χ0) is 15.9. The Kier molecular flexibility index (Phi) is 13.0. The standard InChI is InChI=1S/C20H37OS/c1-3-17-22(18-4-2)19-12-10-8-6-5-7-9-11-14-20-15-13-16-21-20/h3-4,20H,1-2,5-19H2/q+1. The van der Waals surface area contributed by atoms with Gasteiger partial charge in [0.05, 0.1) is 6.10 Å². The van der Waals surface area contributed by atoms with Gasteiger partial charge in [0.15, 0.2) is 0 Å². The smallest absolute Gasteiger partial charge is 0.126 e. The van der Waals surface area contributed by atoms with Crippen molar-refractivity contribution in [1.29, 1.82) is 0 Å². The second kappa shape index (κ2) is 14.4. The van der Waals surface area contributed by atoms with Crippen LogP contribution in [0.3, 0.4) is 0 Å². The first-order chi connectivity index (χ1) is 10.9. The molecule has 2 heteroatoms. The minimum atomic E-state index is 0.515. The molecule has 0 spiro atoms. The second-order valence-corrected chi connectivity index (χ2v) is 8.78. The Morgan fingerprint density at radius 1 is 0.864 bits per heavy atom. The molecule has 0 bridgehead atoms. The minimum Gasteiger partial charge on any atom is -0.378 e. The van der Waals surface area contributed by atoms with Crippen molar-refractivity contribution in [2.24, 2.45) is 0 Å². The van der Waals surface area contributed by atoms with Gasteiger partial charge in [-0.1, -0.05) is 51.7 Å². The first-order valence-electron chi connectivity index (χ1n) is 9.34. The molecule has 0 amide bonds. The molecule has 1 nitrogen and oxygen atoms in total. The van der Waals surface area contributed by atoms with Crippen LogP contribution in [0.25, 0.3) is 0 Å². The minimum absolute atomic E-state index is 0.515. The van der Waals surface area contributed by atoms with E-state index in [1.54, 1.807) is 0 Å². The maximum absolute atomic E-state index is 5.67. The topological polar surface area (TPSA) is 9.23 Å². The largest absolute Gasteiger partial charge is 0.378 e. The lowest BCUT2D eigenvalue weighted by Crippen LogP contribution is -2.13. The fourth-order valence-corrected chi connectivity index (χ4v) is 4.93. The molecule has 1 heterocycles. The van der Waals surface area contributed by atoms with E-state index in [4.69, 9.17) is 4.74 Å². The molecule has 0 radical (unpaired) electrons. The maximum Gasteiger partial charge on any atom is 0.126 e.